The quantitative estimate of drug-likeness (QED) is 0.650. The Kier molecular flexibility index (Phi) is 6.13. The standard InChI is InChI=1S/C12H17N3O4S/c1-2-15(5-3-10(17)18)7-9(16)14-12-8(11(13)19)4-6-20-12/h4,6H,2-3,5,7H2,1H3,(H2,13,19)(H,14,16)(H,17,18). The van der Waals surface area contributed by atoms with Gasteiger partial charge in [0.2, 0.25) is 5.91 Å². The van der Waals surface area contributed by atoms with Crippen molar-refractivity contribution in [1.29, 1.82) is 0 Å². The number of carbonyl (C=O) groups is 3. The third-order valence-electron chi connectivity index (χ3n) is 2.64. The molecular formula is C12H17N3O4S. The summed E-state index contributed by atoms with van der Waals surface area (Å²) in [5, 5.41) is 13.3. The van der Waals surface area contributed by atoms with Crippen molar-refractivity contribution >= 4 is 34.1 Å². The molecule has 1 heterocycles. The lowest BCUT2D eigenvalue weighted by atomic mass is 10.3. The first-order chi connectivity index (χ1) is 9.43. The Morgan fingerprint density at radius 3 is 2.70 bits per heavy atom. The van der Waals surface area contributed by atoms with Crippen molar-refractivity contribution in [2.45, 2.75) is 13.3 Å². The highest BCUT2D eigenvalue weighted by molar-refractivity contribution is 7.14. The molecule has 1 aromatic rings. The number of carbonyl (C=O) groups excluding carboxylic acids is 2. The second-order valence-electron chi connectivity index (χ2n) is 4.09. The maximum absolute atomic E-state index is 11.9. The molecule has 0 bridgehead atoms. The number of nitrogens with one attached hydrogen (secondary N) is 1. The molecule has 1 rings (SSSR count). The van der Waals surface area contributed by atoms with Gasteiger partial charge in [-0.3, -0.25) is 19.3 Å². The van der Waals surface area contributed by atoms with Crippen molar-refractivity contribution in [3.05, 3.63) is 17.0 Å². The fraction of sp³-hybridized carbons (Fsp3) is 0.417. The molecule has 0 aliphatic heterocycles. The molecule has 0 saturated carbocycles. The summed E-state index contributed by atoms with van der Waals surface area (Å²) in [6, 6.07) is 1.55. The molecule has 0 unspecified atom stereocenters. The summed E-state index contributed by atoms with van der Waals surface area (Å²) in [5.74, 6) is -1.81. The summed E-state index contributed by atoms with van der Waals surface area (Å²) in [7, 11) is 0. The lowest BCUT2D eigenvalue weighted by Crippen LogP contribution is -2.34. The molecule has 7 nitrogen and oxygen atoms in total. The second kappa shape index (κ2) is 7.61. The van der Waals surface area contributed by atoms with E-state index in [1.54, 1.807) is 16.3 Å². The summed E-state index contributed by atoms with van der Waals surface area (Å²) in [5.41, 5.74) is 5.46. The van der Waals surface area contributed by atoms with E-state index in [0.29, 0.717) is 18.1 Å². The van der Waals surface area contributed by atoms with E-state index in [-0.39, 0.29) is 24.4 Å². The molecule has 1 aromatic heterocycles. The molecule has 0 atom stereocenters. The second-order valence-corrected chi connectivity index (χ2v) is 5.00. The van der Waals surface area contributed by atoms with Crippen LogP contribution in [0, 0.1) is 0 Å². The summed E-state index contributed by atoms with van der Waals surface area (Å²) < 4.78 is 0. The summed E-state index contributed by atoms with van der Waals surface area (Å²) >= 11 is 1.21. The fourth-order valence-corrected chi connectivity index (χ4v) is 2.38. The Hall–Kier alpha value is -1.93. The van der Waals surface area contributed by atoms with Gasteiger partial charge in [0.15, 0.2) is 0 Å². The van der Waals surface area contributed by atoms with E-state index < -0.39 is 11.9 Å². The first-order valence-electron chi connectivity index (χ1n) is 6.05. The molecule has 0 aliphatic carbocycles. The molecular weight excluding hydrogens is 282 g/mol. The maximum Gasteiger partial charge on any atom is 0.304 e. The van der Waals surface area contributed by atoms with Gasteiger partial charge in [-0.05, 0) is 18.0 Å². The highest BCUT2D eigenvalue weighted by atomic mass is 32.1. The van der Waals surface area contributed by atoms with Gasteiger partial charge in [-0.2, -0.15) is 0 Å². The van der Waals surface area contributed by atoms with Gasteiger partial charge in [0.25, 0.3) is 5.91 Å². The Morgan fingerprint density at radius 1 is 1.45 bits per heavy atom. The van der Waals surface area contributed by atoms with E-state index in [9.17, 15) is 14.4 Å². The highest BCUT2D eigenvalue weighted by Crippen LogP contribution is 2.22. The maximum atomic E-state index is 11.9. The number of thiophene rings is 1. The number of hydrogen-bond acceptors (Lipinski definition) is 5. The van der Waals surface area contributed by atoms with E-state index in [1.165, 1.54) is 11.3 Å². The van der Waals surface area contributed by atoms with Crippen LogP contribution in [0.1, 0.15) is 23.7 Å². The van der Waals surface area contributed by atoms with Crippen LogP contribution in [0.2, 0.25) is 0 Å². The van der Waals surface area contributed by atoms with Gasteiger partial charge >= 0.3 is 5.97 Å². The Balaban J connectivity index is 2.55. The zero-order chi connectivity index (χ0) is 15.1. The molecule has 4 N–H and O–H groups in total. The van der Waals surface area contributed by atoms with Gasteiger partial charge in [0, 0.05) is 6.54 Å². The van der Waals surface area contributed by atoms with Crippen LogP contribution < -0.4 is 11.1 Å². The lowest BCUT2D eigenvalue weighted by molar-refractivity contribution is -0.137. The van der Waals surface area contributed by atoms with Crippen molar-refractivity contribution in [3.8, 4) is 0 Å². The lowest BCUT2D eigenvalue weighted by Gasteiger charge is -2.18. The number of nitrogens with zero attached hydrogens (tertiary/aromatic N) is 1. The van der Waals surface area contributed by atoms with Crippen LogP contribution in [0.15, 0.2) is 11.4 Å². The topological polar surface area (TPSA) is 113 Å². The van der Waals surface area contributed by atoms with E-state index in [0.717, 1.165) is 0 Å². The monoisotopic (exact) mass is 299 g/mol. The van der Waals surface area contributed by atoms with Crippen LogP contribution in [0.4, 0.5) is 5.00 Å². The van der Waals surface area contributed by atoms with Crippen molar-refractivity contribution in [2.24, 2.45) is 5.73 Å². The largest absolute Gasteiger partial charge is 0.481 e. The van der Waals surface area contributed by atoms with Crippen LogP contribution in [-0.2, 0) is 9.59 Å². The van der Waals surface area contributed by atoms with Gasteiger partial charge in [-0.1, -0.05) is 6.92 Å². The molecule has 0 fully saturated rings. The summed E-state index contributed by atoms with van der Waals surface area (Å²) in [6.45, 7) is 2.77. The average Bonchev–Trinajstić information content (AvgIpc) is 2.82. The number of nitrogens with two attached hydrogens (primary N) is 1. The Bertz CT molecular complexity index is 501. The third kappa shape index (κ3) is 4.98. The zero-order valence-electron chi connectivity index (χ0n) is 11.1. The molecule has 20 heavy (non-hydrogen) atoms. The molecule has 0 aliphatic rings. The van der Waals surface area contributed by atoms with E-state index >= 15 is 0 Å². The molecule has 0 saturated heterocycles. The van der Waals surface area contributed by atoms with Crippen molar-refractivity contribution < 1.29 is 19.5 Å². The molecule has 2 amide bonds. The number of carboxylic acids is 1. The number of aliphatic carboxylic acids is 1. The SMILES string of the molecule is CCN(CCC(=O)O)CC(=O)Nc1sccc1C(N)=O. The third-order valence-corrected chi connectivity index (χ3v) is 3.47. The molecule has 110 valence electrons. The summed E-state index contributed by atoms with van der Waals surface area (Å²) in [4.78, 5) is 35.2. The van der Waals surface area contributed by atoms with Crippen molar-refractivity contribution in [3.63, 3.8) is 0 Å². The first kappa shape index (κ1) is 16.1. The minimum atomic E-state index is -0.905. The first-order valence-corrected chi connectivity index (χ1v) is 6.93. The number of likely N-dealkylation sites (N-methyl/N-ethyl adjacent to an activating group) is 1. The predicted molar refractivity (Wildman–Crippen MR) is 75.8 cm³/mol. The number of carboxylic acid groups (broad SMARTS) is 1. The van der Waals surface area contributed by atoms with Crippen molar-refractivity contribution in [1.82, 2.24) is 4.90 Å². The van der Waals surface area contributed by atoms with Crippen LogP contribution in [-0.4, -0.2) is 47.4 Å². The molecule has 0 radical (unpaired) electrons. The van der Waals surface area contributed by atoms with Gasteiger partial charge in [-0.25, -0.2) is 0 Å². The Labute approximate surface area is 120 Å². The van der Waals surface area contributed by atoms with Crippen LogP contribution in [0.5, 0.6) is 0 Å². The van der Waals surface area contributed by atoms with Gasteiger partial charge in [0.05, 0.1) is 18.5 Å². The van der Waals surface area contributed by atoms with Gasteiger partial charge < -0.3 is 16.2 Å². The highest BCUT2D eigenvalue weighted by Gasteiger charge is 2.15. The van der Waals surface area contributed by atoms with Gasteiger partial charge in [0.1, 0.15) is 5.00 Å². The van der Waals surface area contributed by atoms with Crippen molar-refractivity contribution in [2.75, 3.05) is 25.0 Å². The minimum absolute atomic E-state index is 0.0212. The van der Waals surface area contributed by atoms with Crippen LogP contribution in [0.3, 0.4) is 0 Å². The number of primary amides is 1. The number of amides is 2. The number of hydrogen-bond donors (Lipinski definition) is 3. The predicted octanol–water partition coefficient (Wildman–Crippen LogP) is 0.582. The minimum Gasteiger partial charge on any atom is -0.481 e. The zero-order valence-corrected chi connectivity index (χ0v) is 11.9. The smallest absolute Gasteiger partial charge is 0.304 e. The summed E-state index contributed by atoms with van der Waals surface area (Å²) in [6.07, 6.45) is -0.0212. The van der Waals surface area contributed by atoms with E-state index in [2.05, 4.69) is 5.32 Å². The fourth-order valence-electron chi connectivity index (χ4n) is 1.57. The molecule has 0 spiro atoms. The van der Waals surface area contributed by atoms with Gasteiger partial charge in [-0.15, -0.1) is 11.3 Å². The van der Waals surface area contributed by atoms with Crippen LogP contribution in [0.25, 0.3) is 0 Å². The molecule has 0 aromatic carbocycles. The number of rotatable bonds is 8. The average molecular weight is 299 g/mol. The normalized spacial score (nSPS) is 10.5. The number of anilines is 1. The van der Waals surface area contributed by atoms with E-state index in [4.69, 9.17) is 10.8 Å². The van der Waals surface area contributed by atoms with Crippen LogP contribution >= 0.6 is 11.3 Å². The van der Waals surface area contributed by atoms with E-state index in [1.807, 2.05) is 6.92 Å². The molecule has 8 heteroatoms. The Morgan fingerprint density at radius 2 is 2.15 bits per heavy atom.